The van der Waals surface area contributed by atoms with Gasteiger partial charge in [-0.2, -0.15) is 0 Å². The Balaban J connectivity index is 2.25. The van der Waals surface area contributed by atoms with Gasteiger partial charge in [0.1, 0.15) is 0 Å². The van der Waals surface area contributed by atoms with Crippen LogP contribution in [0.2, 0.25) is 10.0 Å². The van der Waals surface area contributed by atoms with Crippen molar-refractivity contribution in [2.75, 3.05) is 0 Å². The van der Waals surface area contributed by atoms with E-state index < -0.39 is 0 Å². The topological polar surface area (TPSA) is 0 Å². The highest BCUT2D eigenvalue weighted by molar-refractivity contribution is 6.42. The van der Waals surface area contributed by atoms with Crippen LogP contribution in [0.4, 0.5) is 0 Å². The van der Waals surface area contributed by atoms with Crippen LogP contribution >= 0.6 is 23.2 Å². The number of hydrogen-bond donors (Lipinski definition) is 0. The molecule has 0 aromatic heterocycles. The van der Waals surface area contributed by atoms with Gasteiger partial charge in [0.2, 0.25) is 0 Å². The third kappa shape index (κ3) is 2.07. The Labute approximate surface area is 95.2 Å². The van der Waals surface area contributed by atoms with Crippen LogP contribution in [0, 0.1) is 11.8 Å². The first kappa shape index (κ1) is 10.3. The van der Waals surface area contributed by atoms with Crippen LogP contribution in [0.3, 0.4) is 0 Å². The molecule has 0 bridgehead atoms. The third-order valence-corrected chi connectivity index (χ3v) is 3.48. The first-order valence-electron chi connectivity index (χ1n) is 5.03. The zero-order chi connectivity index (χ0) is 10.1. The Morgan fingerprint density at radius 1 is 1.29 bits per heavy atom. The summed E-state index contributed by atoms with van der Waals surface area (Å²) in [6, 6.07) is 5.95. The lowest BCUT2D eigenvalue weighted by atomic mass is 9.92. The minimum atomic E-state index is 0.640. The van der Waals surface area contributed by atoms with E-state index in [-0.39, 0.29) is 0 Å². The van der Waals surface area contributed by atoms with Gasteiger partial charge >= 0.3 is 0 Å². The molecule has 2 rings (SSSR count). The van der Waals surface area contributed by atoms with E-state index in [1.807, 2.05) is 12.1 Å². The standard InChI is InChI=1S/C12H13Cl2/c1-2-10(8-3-4-8)9-5-6-11(13)12(14)7-9/h5-8H,2-4H2,1H3. The largest absolute Gasteiger partial charge is 0.0827 e. The first-order valence-corrected chi connectivity index (χ1v) is 5.79. The molecule has 0 unspecified atom stereocenters. The van der Waals surface area contributed by atoms with Crippen LogP contribution in [-0.4, -0.2) is 0 Å². The predicted octanol–water partition coefficient (Wildman–Crippen LogP) is 4.74. The smallest absolute Gasteiger partial charge is 0.0595 e. The molecule has 1 aromatic rings. The maximum Gasteiger partial charge on any atom is 0.0595 e. The minimum absolute atomic E-state index is 0.640. The van der Waals surface area contributed by atoms with E-state index in [0.717, 1.165) is 12.3 Å². The van der Waals surface area contributed by atoms with Crippen LogP contribution in [0.5, 0.6) is 0 Å². The average Bonchev–Trinajstić information content (AvgIpc) is 2.96. The zero-order valence-corrected chi connectivity index (χ0v) is 9.70. The Morgan fingerprint density at radius 2 is 2.00 bits per heavy atom. The summed E-state index contributed by atoms with van der Waals surface area (Å²) < 4.78 is 0. The van der Waals surface area contributed by atoms with Crippen molar-refractivity contribution in [3.63, 3.8) is 0 Å². The van der Waals surface area contributed by atoms with Gasteiger partial charge in [0.05, 0.1) is 10.0 Å². The Morgan fingerprint density at radius 3 is 2.50 bits per heavy atom. The maximum absolute atomic E-state index is 5.99. The van der Waals surface area contributed by atoms with Crippen molar-refractivity contribution in [3.05, 3.63) is 39.7 Å². The minimum Gasteiger partial charge on any atom is -0.0827 e. The van der Waals surface area contributed by atoms with Gasteiger partial charge in [0.15, 0.2) is 0 Å². The van der Waals surface area contributed by atoms with Crippen molar-refractivity contribution in [1.82, 2.24) is 0 Å². The summed E-state index contributed by atoms with van der Waals surface area (Å²) in [6.07, 6.45) is 3.79. The number of rotatable bonds is 3. The van der Waals surface area contributed by atoms with Crippen LogP contribution in [-0.2, 0) is 0 Å². The van der Waals surface area contributed by atoms with Crippen LogP contribution in [0.1, 0.15) is 31.7 Å². The second-order valence-corrected chi connectivity index (χ2v) is 4.60. The van der Waals surface area contributed by atoms with Gasteiger partial charge < -0.3 is 0 Å². The van der Waals surface area contributed by atoms with Gasteiger partial charge in [-0.25, -0.2) is 0 Å². The molecule has 1 aromatic carbocycles. The Bertz CT molecular complexity index is 329. The summed E-state index contributed by atoms with van der Waals surface area (Å²) in [6.45, 7) is 2.20. The number of halogens is 2. The fourth-order valence-electron chi connectivity index (χ4n) is 1.86. The van der Waals surface area contributed by atoms with E-state index in [2.05, 4.69) is 13.0 Å². The highest BCUT2D eigenvalue weighted by atomic mass is 35.5. The predicted molar refractivity (Wildman–Crippen MR) is 61.8 cm³/mol. The number of hydrogen-bond acceptors (Lipinski definition) is 0. The van der Waals surface area contributed by atoms with E-state index in [0.29, 0.717) is 10.0 Å². The molecule has 0 nitrogen and oxygen atoms in total. The molecule has 0 spiro atoms. The molecule has 0 atom stereocenters. The van der Waals surface area contributed by atoms with Gasteiger partial charge in [-0.05, 0) is 42.9 Å². The van der Waals surface area contributed by atoms with E-state index in [4.69, 9.17) is 23.2 Å². The molecular formula is C12H13Cl2. The molecule has 1 aliphatic carbocycles. The van der Waals surface area contributed by atoms with Gasteiger partial charge in [-0.3, -0.25) is 0 Å². The second-order valence-electron chi connectivity index (χ2n) is 3.78. The van der Waals surface area contributed by atoms with E-state index in [9.17, 15) is 0 Å². The van der Waals surface area contributed by atoms with E-state index in [1.165, 1.54) is 24.3 Å². The summed E-state index contributed by atoms with van der Waals surface area (Å²) in [7, 11) is 0. The van der Waals surface area contributed by atoms with Gasteiger partial charge in [0.25, 0.3) is 0 Å². The fourth-order valence-corrected chi connectivity index (χ4v) is 2.15. The zero-order valence-electron chi connectivity index (χ0n) is 8.19. The van der Waals surface area contributed by atoms with Gasteiger partial charge in [-0.1, -0.05) is 36.2 Å². The van der Waals surface area contributed by atoms with Crippen LogP contribution in [0.25, 0.3) is 0 Å². The molecule has 0 amide bonds. The molecule has 1 radical (unpaired) electrons. The van der Waals surface area contributed by atoms with Crippen LogP contribution < -0.4 is 0 Å². The Kier molecular flexibility index (Phi) is 3.04. The maximum atomic E-state index is 5.99. The van der Waals surface area contributed by atoms with Crippen molar-refractivity contribution in [1.29, 1.82) is 0 Å². The van der Waals surface area contributed by atoms with Crippen molar-refractivity contribution >= 4 is 23.2 Å². The second kappa shape index (κ2) is 4.12. The molecule has 0 saturated heterocycles. The van der Waals surface area contributed by atoms with Gasteiger partial charge in [0, 0.05) is 5.92 Å². The summed E-state index contributed by atoms with van der Waals surface area (Å²) in [5.74, 6) is 2.33. The van der Waals surface area contributed by atoms with Crippen molar-refractivity contribution < 1.29 is 0 Å². The normalized spacial score (nSPS) is 16.3. The highest BCUT2D eigenvalue weighted by Crippen LogP contribution is 2.44. The molecule has 14 heavy (non-hydrogen) atoms. The molecule has 0 aliphatic heterocycles. The molecule has 0 N–H and O–H groups in total. The van der Waals surface area contributed by atoms with Crippen LogP contribution in [0.15, 0.2) is 18.2 Å². The lowest BCUT2D eigenvalue weighted by Crippen LogP contribution is -2.00. The summed E-state index contributed by atoms with van der Waals surface area (Å²) in [4.78, 5) is 0. The fraction of sp³-hybridized carbons (Fsp3) is 0.417. The Hall–Kier alpha value is -0.200. The quantitative estimate of drug-likeness (QED) is 0.701. The van der Waals surface area contributed by atoms with Crippen molar-refractivity contribution in [2.45, 2.75) is 26.2 Å². The lowest BCUT2D eigenvalue weighted by Gasteiger charge is -2.13. The molecule has 1 aliphatic rings. The SMILES string of the molecule is CC[C](c1ccc(Cl)c(Cl)c1)C1CC1. The average molecular weight is 228 g/mol. The molecule has 1 saturated carbocycles. The third-order valence-electron chi connectivity index (χ3n) is 2.74. The van der Waals surface area contributed by atoms with E-state index >= 15 is 0 Å². The van der Waals surface area contributed by atoms with Crippen molar-refractivity contribution in [2.24, 2.45) is 5.92 Å². The summed E-state index contributed by atoms with van der Waals surface area (Å²) in [5.41, 5.74) is 1.27. The van der Waals surface area contributed by atoms with Crippen molar-refractivity contribution in [3.8, 4) is 0 Å². The lowest BCUT2D eigenvalue weighted by molar-refractivity contribution is 0.789. The highest BCUT2D eigenvalue weighted by Gasteiger charge is 2.31. The summed E-state index contributed by atoms with van der Waals surface area (Å²) in [5, 5.41) is 1.30. The van der Waals surface area contributed by atoms with Gasteiger partial charge in [-0.15, -0.1) is 0 Å². The molecule has 1 fully saturated rings. The number of benzene rings is 1. The molecule has 2 heteroatoms. The first-order chi connectivity index (χ1) is 6.72. The monoisotopic (exact) mass is 227 g/mol. The summed E-state index contributed by atoms with van der Waals surface area (Å²) >= 11 is 11.9. The molecule has 75 valence electrons. The van der Waals surface area contributed by atoms with E-state index in [1.54, 1.807) is 0 Å². The molecule has 0 heterocycles. The molecular weight excluding hydrogens is 215 g/mol.